The third-order valence-electron chi connectivity index (χ3n) is 3.36. The molecule has 0 aliphatic rings. The Balaban J connectivity index is 2.05. The average molecular weight is 479 g/mol. The fourth-order valence-corrected chi connectivity index (χ4v) is 2.65. The number of ether oxygens (including phenoxy) is 1. The van der Waals surface area contributed by atoms with E-state index >= 15 is 0 Å². The summed E-state index contributed by atoms with van der Waals surface area (Å²) in [5.74, 6) is 1.38. The van der Waals surface area contributed by atoms with Gasteiger partial charge in [0.05, 0.1) is 13.2 Å². The molecule has 2 aromatic carbocycles. The fourth-order valence-electron chi connectivity index (χ4n) is 2.16. The van der Waals surface area contributed by atoms with Gasteiger partial charge in [0.25, 0.3) is 0 Å². The normalized spacial score (nSPS) is 10.9. The minimum Gasteiger partial charge on any atom is -0.457 e. The highest BCUT2D eigenvalue weighted by molar-refractivity contribution is 14.1. The first-order chi connectivity index (χ1) is 12.9. The number of halogens is 1. The summed E-state index contributed by atoms with van der Waals surface area (Å²) in [5.41, 5.74) is 1.57. The molecule has 0 atom stereocenters. The smallest absolute Gasteiger partial charge is 0.457 e. The van der Waals surface area contributed by atoms with Crippen LogP contribution in [0.5, 0.6) is 11.5 Å². The molecule has 0 bridgehead atoms. The molecular formula is C20H23BINO4. The second kappa shape index (κ2) is 10.7. The molecular weight excluding hydrogens is 456 g/mol. The maximum atomic E-state index is 7.00. The van der Waals surface area contributed by atoms with Gasteiger partial charge in [-0.15, -0.1) is 0 Å². The molecule has 0 spiro atoms. The summed E-state index contributed by atoms with van der Waals surface area (Å²) in [4.78, 5) is 3.38. The largest absolute Gasteiger partial charge is 0.640 e. The lowest BCUT2D eigenvalue weighted by Crippen LogP contribution is -2.32. The third kappa shape index (κ3) is 7.50. The minimum absolute atomic E-state index is 0.000849. The Morgan fingerprint density at radius 2 is 1.56 bits per heavy atom. The highest BCUT2D eigenvalue weighted by atomic mass is 127. The molecule has 0 aliphatic carbocycles. The third-order valence-corrected chi connectivity index (χ3v) is 4.41. The van der Waals surface area contributed by atoms with E-state index in [-0.39, 0.29) is 12.2 Å². The van der Waals surface area contributed by atoms with Crippen molar-refractivity contribution in [2.75, 3.05) is 0 Å². The second-order valence-electron chi connectivity index (χ2n) is 6.43. The fraction of sp³-hybridized carbons (Fsp3) is 0.350. The van der Waals surface area contributed by atoms with Gasteiger partial charge in [0.15, 0.2) is 5.69 Å². The highest BCUT2D eigenvalue weighted by Gasteiger charge is 2.25. The van der Waals surface area contributed by atoms with Crippen molar-refractivity contribution in [3.8, 4) is 11.5 Å². The lowest BCUT2D eigenvalue weighted by molar-refractivity contribution is 0.0458. The molecule has 5 nitrogen and oxygen atoms in total. The van der Waals surface area contributed by atoms with Gasteiger partial charge in [-0.1, -0.05) is 12.1 Å². The van der Waals surface area contributed by atoms with Crippen molar-refractivity contribution in [2.24, 2.45) is 0 Å². The van der Waals surface area contributed by atoms with Crippen LogP contribution in [0, 0.1) is 10.1 Å². The molecule has 0 aromatic heterocycles. The van der Waals surface area contributed by atoms with Gasteiger partial charge < -0.3 is 18.7 Å². The lowest BCUT2D eigenvalue weighted by Gasteiger charge is -2.19. The van der Waals surface area contributed by atoms with Crippen LogP contribution in [0.2, 0.25) is 0 Å². The van der Waals surface area contributed by atoms with Crippen LogP contribution in [0.4, 0.5) is 5.69 Å². The quantitative estimate of drug-likeness (QED) is 0.252. The molecule has 0 radical (unpaired) electrons. The van der Waals surface area contributed by atoms with Gasteiger partial charge in [-0.05, 0) is 86.2 Å². The molecule has 0 aliphatic heterocycles. The van der Waals surface area contributed by atoms with E-state index in [0.717, 1.165) is 9.13 Å². The van der Waals surface area contributed by atoms with E-state index in [1.165, 1.54) is 0 Å². The van der Waals surface area contributed by atoms with E-state index in [4.69, 9.17) is 25.3 Å². The monoisotopic (exact) mass is 479 g/mol. The lowest BCUT2D eigenvalue weighted by atomic mass is 10.1. The molecule has 0 fully saturated rings. The topological polar surface area (TPSA) is 41.3 Å². The SMILES string of the molecule is [C-]#[N+]c1ccc(Oc2ccc(I)c(COB(OC(C)C)OC(C)C)c2)cc1. The van der Waals surface area contributed by atoms with Gasteiger partial charge >= 0.3 is 7.32 Å². The van der Waals surface area contributed by atoms with Crippen molar-refractivity contribution in [3.05, 3.63) is 63.0 Å². The number of benzene rings is 2. The summed E-state index contributed by atoms with van der Waals surface area (Å²) in [5, 5.41) is 0. The van der Waals surface area contributed by atoms with Crippen LogP contribution in [0.3, 0.4) is 0 Å². The van der Waals surface area contributed by atoms with Crippen LogP contribution in [0.25, 0.3) is 4.85 Å². The van der Waals surface area contributed by atoms with Crippen LogP contribution < -0.4 is 4.74 Å². The molecule has 7 heteroatoms. The van der Waals surface area contributed by atoms with Gasteiger partial charge in [-0.3, -0.25) is 0 Å². The number of rotatable bonds is 9. The summed E-state index contributed by atoms with van der Waals surface area (Å²) in [6.45, 7) is 15.1. The molecule has 0 saturated heterocycles. The molecule has 0 unspecified atom stereocenters. The van der Waals surface area contributed by atoms with Crippen LogP contribution in [0.1, 0.15) is 33.3 Å². The highest BCUT2D eigenvalue weighted by Crippen LogP contribution is 2.27. The predicted octanol–water partition coefficient (Wildman–Crippen LogP) is 5.99. The molecule has 2 aromatic rings. The molecule has 27 heavy (non-hydrogen) atoms. The van der Waals surface area contributed by atoms with Gasteiger partial charge in [0.1, 0.15) is 11.5 Å². The van der Waals surface area contributed by atoms with Crippen LogP contribution in [0.15, 0.2) is 42.5 Å². The molecule has 0 N–H and O–H groups in total. The standard InChI is InChI=1S/C20H23BINO4/c1-14(2)26-21(27-15(3)4)24-13-16-12-19(10-11-20(16)22)25-18-8-6-17(23-5)7-9-18/h6-12,14-15H,13H2,1-4H3. The van der Waals surface area contributed by atoms with E-state index < -0.39 is 7.32 Å². The van der Waals surface area contributed by atoms with Crippen molar-refractivity contribution >= 4 is 35.6 Å². The first-order valence-corrected chi connectivity index (χ1v) is 9.81. The Morgan fingerprint density at radius 3 is 2.11 bits per heavy atom. The van der Waals surface area contributed by atoms with E-state index in [0.29, 0.717) is 23.8 Å². The van der Waals surface area contributed by atoms with Gasteiger partial charge in [-0.25, -0.2) is 4.85 Å². The molecule has 0 heterocycles. The second-order valence-corrected chi connectivity index (χ2v) is 7.59. The number of hydrogen-bond donors (Lipinski definition) is 0. The molecule has 2 rings (SSSR count). The number of nitrogens with zero attached hydrogens (tertiary/aromatic N) is 1. The zero-order valence-electron chi connectivity index (χ0n) is 15.9. The van der Waals surface area contributed by atoms with Crippen LogP contribution in [-0.4, -0.2) is 19.5 Å². The van der Waals surface area contributed by atoms with Crippen LogP contribution >= 0.6 is 22.6 Å². The Bertz CT molecular complexity index is 765. The zero-order chi connectivity index (χ0) is 19.8. The van der Waals surface area contributed by atoms with Gasteiger partial charge in [0, 0.05) is 15.8 Å². The van der Waals surface area contributed by atoms with E-state index in [1.54, 1.807) is 24.3 Å². The Hall–Kier alpha value is -1.60. The summed E-state index contributed by atoms with van der Waals surface area (Å²) < 4.78 is 24.1. The van der Waals surface area contributed by atoms with Crippen molar-refractivity contribution in [1.29, 1.82) is 0 Å². The zero-order valence-corrected chi connectivity index (χ0v) is 18.1. The van der Waals surface area contributed by atoms with E-state index in [9.17, 15) is 0 Å². The summed E-state index contributed by atoms with van der Waals surface area (Å²) in [6, 6.07) is 12.8. The molecule has 0 amide bonds. The van der Waals surface area contributed by atoms with Crippen molar-refractivity contribution in [1.82, 2.24) is 0 Å². The van der Waals surface area contributed by atoms with E-state index in [1.807, 2.05) is 45.9 Å². The van der Waals surface area contributed by atoms with Crippen LogP contribution in [-0.2, 0) is 20.6 Å². The van der Waals surface area contributed by atoms with Crippen molar-refractivity contribution in [2.45, 2.75) is 46.5 Å². The van der Waals surface area contributed by atoms with E-state index in [2.05, 4.69) is 27.4 Å². The van der Waals surface area contributed by atoms with Crippen molar-refractivity contribution < 1.29 is 18.7 Å². The molecule has 0 saturated carbocycles. The Morgan fingerprint density at radius 1 is 0.963 bits per heavy atom. The summed E-state index contributed by atoms with van der Waals surface area (Å²) in [6.07, 6.45) is 0.00170. The van der Waals surface area contributed by atoms with Gasteiger partial charge in [-0.2, -0.15) is 0 Å². The average Bonchev–Trinajstić information content (AvgIpc) is 2.61. The maximum Gasteiger partial charge on any atom is 0.640 e. The van der Waals surface area contributed by atoms with Crippen molar-refractivity contribution in [3.63, 3.8) is 0 Å². The summed E-state index contributed by atoms with van der Waals surface area (Å²) in [7, 11) is -0.716. The number of hydrogen-bond acceptors (Lipinski definition) is 4. The summed E-state index contributed by atoms with van der Waals surface area (Å²) >= 11 is 2.26. The Kier molecular flexibility index (Phi) is 8.57. The Labute approximate surface area is 175 Å². The first-order valence-electron chi connectivity index (χ1n) is 8.73. The molecule has 142 valence electrons. The minimum atomic E-state index is -0.716. The predicted molar refractivity (Wildman–Crippen MR) is 115 cm³/mol. The first kappa shape index (κ1) is 21.7. The van der Waals surface area contributed by atoms with Gasteiger partial charge in [0.2, 0.25) is 0 Å². The maximum absolute atomic E-state index is 7.00.